The molecule has 0 spiro atoms. The molecule has 3 N–H and O–H groups in total. The largest absolute Gasteiger partial charge is 0.383 e. The van der Waals surface area contributed by atoms with Crippen molar-refractivity contribution >= 4 is 22.8 Å². The van der Waals surface area contributed by atoms with Gasteiger partial charge in [0.15, 0.2) is 17.3 Å². The molecule has 0 atom stereocenters. The number of halogens is 2. The Bertz CT molecular complexity index is 895. The monoisotopic (exact) mass is 334 g/mol. The van der Waals surface area contributed by atoms with Crippen molar-refractivity contribution in [2.75, 3.05) is 31.3 Å². The fourth-order valence-corrected chi connectivity index (χ4v) is 2.34. The SMILES string of the molecule is COCCNc1nc(-c2cccc(F)c2F)c2c(N)n(C)nc2n1. The fraction of sp³-hybridized carbons (Fsp3) is 0.267. The zero-order valence-electron chi connectivity index (χ0n) is 13.2. The van der Waals surface area contributed by atoms with E-state index in [0.717, 1.165) is 6.07 Å². The fourth-order valence-electron chi connectivity index (χ4n) is 2.34. The maximum atomic E-state index is 14.2. The summed E-state index contributed by atoms with van der Waals surface area (Å²) in [6.45, 7) is 0.894. The Hall–Kier alpha value is -2.81. The lowest BCUT2D eigenvalue weighted by Gasteiger charge is -2.09. The van der Waals surface area contributed by atoms with E-state index in [1.54, 1.807) is 14.2 Å². The second-order valence-electron chi connectivity index (χ2n) is 5.12. The van der Waals surface area contributed by atoms with Gasteiger partial charge in [-0.3, -0.25) is 4.68 Å². The van der Waals surface area contributed by atoms with Gasteiger partial charge in [0.05, 0.1) is 17.7 Å². The van der Waals surface area contributed by atoms with Crippen molar-refractivity contribution in [3.8, 4) is 11.3 Å². The Morgan fingerprint density at radius 2 is 2.08 bits per heavy atom. The van der Waals surface area contributed by atoms with E-state index < -0.39 is 11.6 Å². The van der Waals surface area contributed by atoms with Gasteiger partial charge in [-0.05, 0) is 12.1 Å². The van der Waals surface area contributed by atoms with Crippen LogP contribution in [-0.2, 0) is 11.8 Å². The van der Waals surface area contributed by atoms with Crippen molar-refractivity contribution < 1.29 is 13.5 Å². The highest BCUT2D eigenvalue weighted by atomic mass is 19.2. The van der Waals surface area contributed by atoms with Crippen LogP contribution in [0.4, 0.5) is 20.5 Å². The average molecular weight is 334 g/mol. The lowest BCUT2D eigenvalue weighted by molar-refractivity contribution is 0.210. The highest BCUT2D eigenvalue weighted by molar-refractivity contribution is 5.98. The molecule has 3 aromatic rings. The number of benzene rings is 1. The van der Waals surface area contributed by atoms with Crippen LogP contribution >= 0.6 is 0 Å². The summed E-state index contributed by atoms with van der Waals surface area (Å²) in [6.07, 6.45) is 0. The van der Waals surface area contributed by atoms with E-state index in [1.165, 1.54) is 16.8 Å². The van der Waals surface area contributed by atoms with Gasteiger partial charge < -0.3 is 15.8 Å². The van der Waals surface area contributed by atoms with Gasteiger partial charge in [-0.25, -0.2) is 13.8 Å². The molecule has 9 heteroatoms. The van der Waals surface area contributed by atoms with E-state index in [2.05, 4.69) is 20.4 Å². The Morgan fingerprint density at radius 1 is 1.29 bits per heavy atom. The van der Waals surface area contributed by atoms with Gasteiger partial charge in [0.1, 0.15) is 5.82 Å². The Labute approximate surface area is 136 Å². The first-order valence-electron chi connectivity index (χ1n) is 7.20. The zero-order chi connectivity index (χ0) is 17.3. The van der Waals surface area contributed by atoms with Crippen molar-refractivity contribution in [3.05, 3.63) is 29.8 Å². The van der Waals surface area contributed by atoms with Crippen molar-refractivity contribution in [3.63, 3.8) is 0 Å². The molecule has 7 nitrogen and oxygen atoms in total. The number of hydrogen-bond acceptors (Lipinski definition) is 6. The third-order valence-electron chi connectivity index (χ3n) is 3.54. The minimum atomic E-state index is -0.997. The maximum Gasteiger partial charge on any atom is 0.225 e. The van der Waals surface area contributed by atoms with Crippen molar-refractivity contribution in [2.45, 2.75) is 0 Å². The van der Waals surface area contributed by atoms with E-state index in [0.29, 0.717) is 24.2 Å². The summed E-state index contributed by atoms with van der Waals surface area (Å²) < 4.78 is 34.2. The standard InChI is InChI=1S/C15H16F2N6O/c1-23-13(18)10-12(8-4-3-5-9(16)11(8)17)20-15(19-6-7-24-2)21-14(10)22-23/h3-5H,6-7,18H2,1-2H3,(H,19,21,22). The Morgan fingerprint density at radius 3 is 2.83 bits per heavy atom. The van der Waals surface area contributed by atoms with Crippen LogP contribution in [0, 0.1) is 11.6 Å². The number of fused-ring (bicyclic) bond motifs is 1. The van der Waals surface area contributed by atoms with E-state index in [9.17, 15) is 8.78 Å². The summed E-state index contributed by atoms with van der Waals surface area (Å²) in [6, 6.07) is 3.89. The smallest absolute Gasteiger partial charge is 0.225 e. The molecule has 24 heavy (non-hydrogen) atoms. The molecule has 0 unspecified atom stereocenters. The average Bonchev–Trinajstić information content (AvgIpc) is 2.84. The lowest BCUT2D eigenvalue weighted by Crippen LogP contribution is -2.11. The third kappa shape index (κ3) is 2.73. The molecule has 0 saturated carbocycles. The molecule has 0 radical (unpaired) electrons. The quantitative estimate of drug-likeness (QED) is 0.693. The number of methoxy groups -OCH3 is 1. The minimum absolute atomic E-state index is 0.00288. The second kappa shape index (κ2) is 6.36. The lowest BCUT2D eigenvalue weighted by atomic mass is 10.1. The van der Waals surface area contributed by atoms with Crippen LogP contribution in [0.2, 0.25) is 0 Å². The predicted octanol–water partition coefficient (Wildman–Crippen LogP) is 1.95. The second-order valence-corrected chi connectivity index (χ2v) is 5.12. The van der Waals surface area contributed by atoms with Crippen LogP contribution in [0.15, 0.2) is 18.2 Å². The van der Waals surface area contributed by atoms with Crippen molar-refractivity contribution in [2.24, 2.45) is 7.05 Å². The van der Waals surface area contributed by atoms with Gasteiger partial charge in [-0.1, -0.05) is 6.07 Å². The molecule has 0 saturated heterocycles. The van der Waals surface area contributed by atoms with Crippen LogP contribution < -0.4 is 11.1 Å². The summed E-state index contributed by atoms with van der Waals surface area (Å²) in [7, 11) is 3.21. The number of ether oxygens (including phenoxy) is 1. The number of aromatic nitrogens is 4. The topological polar surface area (TPSA) is 90.9 Å². The van der Waals surface area contributed by atoms with Crippen LogP contribution in [0.3, 0.4) is 0 Å². The molecular weight excluding hydrogens is 318 g/mol. The van der Waals surface area contributed by atoms with Gasteiger partial charge in [-0.15, -0.1) is 0 Å². The van der Waals surface area contributed by atoms with Crippen LogP contribution in [0.1, 0.15) is 0 Å². The first kappa shape index (κ1) is 16.1. The van der Waals surface area contributed by atoms with Gasteiger partial charge in [0.2, 0.25) is 5.95 Å². The first-order valence-corrected chi connectivity index (χ1v) is 7.20. The summed E-state index contributed by atoms with van der Waals surface area (Å²) in [5, 5.41) is 7.52. The number of hydrogen-bond donors (Lipinski definition) is 2. The maximum absolute atomic E-state index is 14.2. The van der Waals surface area contributed by atoms with Gasteiger partial charge in [0.25, 0.3) is 0 Å². The number of nitrogen functional groups attached to an aromatic ring is 1. The summed E-state index contributed by atoms with van der Waals surface area (Å²) >= 11 is 0. The molecule has 2 aromatic heterocycles. The molecule has 3 rings (SSSR count). The van der Waals surface area contributed by atoms with Gasteiger partial charge >= 0.3 is 0 Å². The van der Waals surface area contributed by atoms with Gasteiger partial charge in [0, 0.05) is 26.3 Å². The summed E-state index contributed by atoms with van der Waals surface area (Å²) in [5.74, 6) is -1.46. The molecule has 0 aliphatic heterocycles. The molecule has 0 aliphatic carbocycles. The molecular formula is C15H16F2N6O. The van der Waals surface area contributed by atoms with Crippen LogP contribution in [0.5, 0.6) is 0 Å². The zero-order valence-corrected chi connectivity index (χ0v) is 13.2. The number of nitrogens with zero attached hydrogens (tertiary/aromatic N) is 4. The molecule has 0 fully saturated rings. The van der Waals surface area contributed by atoms with E-state index in [1.807, 2.05) is 0 Å². The number of rotatable bonds is 5. The number of anilines is 2. The van der Waals surface area contributed by atoms with Crippen molar-refractivity contribution in [1.29, 1.82) is 0 Å². The van der Waals surface area contributed by atoms with E-state index >= 15 is 0 Å². The molecule has 126 valence electrons. The highest BCUT2D eigenvalue weighted by Crippen LogP contribution is 2.33. The molecule has 0 amide bonds. The molecule has 0 bridgehead atoms. The van der Waals surface area contributed by atoms with Gasteiger partial charge in [-0.2, -0.15) is 10.1 Å². The molecule has 0 aliphatic rings. The summed E-state index contributed by atoms with van der Waals surface area (Å²) in [5.41, 5.74) is 6.48. The number of aryl methyl sites for hydroxylation is 1. The minimum Gasteiger partial charge on any atom is -0.383 e. The van der Waals surface area contributed by atoms with Crippen LogP contribution in [0.25, 0.3) is 22.3 Å². The summed E-state index contributed by atoms with van der Waals surface area (Å²) in [4.78, 5) is 8.56. The molecule has 2 heterocycles. The molecule has 1 aromatic carbocycles. The normalized spacial score (nSPS) is 11.2. The van der Waals surface area contributed by atoms with Crippen LogP contribution in [-0.4, -0.2) is 40.0 Å². The first-order chi connectivity index (χ1) is 11.5. The Kier molecular flexibility index (Phi) is 4.26. The number of nitrogens with one attached hydrogen (secondary N) is 1. The van der Waals surface area contributed by atoms with E-state index in [-0.39, 0.29) is 23.0 Å². The van der Waals surface area contributed by atoms with E-state index in [4.69, 9.17) is 10.5 Å². The highest BCUT2D eigenvalue weighted by Gasteiger charge is 2.20. The third-order valence-corrected chi connectivity index (χ3v) is 3.54. The number of nitrogens with two attached hydrogens (primary N) is 1. The Balaban J connectivity index is 2.21. The predicted molar refractivity (Wildman–Crippen MR) is 86.4 cm³/mol. The van der Waals surface area contributed by atoms with Crippen molar-refractivity contribution in [1.82, 2.24) is 19.7 Å².